The summed E-state index contributed by atoms with van der Waals surface area (Å²) in [6.07, 6.45) is -0.386. The van der Waals surface area contributed by atoms with Crippen molar-refractivity contribution >= 4 is 11.9 Å². The maximum absolute atomic E-state index is 10.3. The van der Waals surface area contributed by atoms with E-state index in [1.54, 1.807) is 6.92 Å². The lowest BCUT2D eigenvalue weighted by Crippen LogP contribution is -2.38. The van der Waals surface area contributed by atoms with Gasteiger partial charge < -0.3 is 15.5 Å². The molecule has 0 aliphatic rings. The van der Waals surface area contributed by atoms with Gasteiger partial charge in [-0.15, -0.1) is 0 Å². The first-order valence-electron chi connectivity index (χ1n) is 3.26. The summed E-state index contributed by atoms with van der Waals surface area (Å²) in [6, 6.07) is -0.975. The van der Waals surface area contributed by atoms with Crippen molar-refractivity contribution in [2.45, 2.75) is 19.4 Å². The van der Waals surface area contributed by atoms with E-state index in [2.05, 4.69) is 5.32 Å². The van der Waals surface area contributed by atoms with E-state index >= 15 is 0 Å². The number of carbonyl (C=O) groups is 2. The summed E-state index contributed by atoms with van der Waals surface area (Å²) in [7, 11) is 0. The molecule has 1 atom stereocenters. The SMILES string of the molecule is CCN[C@H](CC(=O)O)C(=O)O. The Morgan fingerprint density at radius 1 is 1.45 bits per heavy atom. The van der Waals surface area contributed by atoms with Crippen LogP contribution in [-0.4, -0.2) is 34.7 Å². The van der Waals surface area contributed by atoms with Crippen LogP contribution >= 0.6 is 0 Å². The molecule has 0 aromatic carbocycles. The van der Waals surface area contributed by atoms with E-state index in [9.17, 15) is 9.59 Å². The highest BCUT2D eigenvalue weighted by molar-refractivity contribution is 5.80. The number of hydrogen-bond donors (Lipinski definition) is 3. The molecule has 0 heterocycles. The van der Waals surface area contributed by atoms with Gasteiger partial charge in [-0.1, -0.05) is 6.92 Å². The molecule has 0 fully saturated rings. The second kappa shape index (κ2) is 4.68. The van der Waals surface area contributed by atoms with Gasteiger partial charge in [0.1, 0.15) is 6.04 Å². The van der Waals surface area contributed by atoms with Gasteiger partial charge in [-0.3, -0.25) is 9.59 Å². The minimum Gasteiger partial charge on any atom is -0.481 e. The Hall–Kier alpha value is -1.10. The lowest BCUT2D eigenvalue weighted by molar-refractivity contribution is -0.145. The topological polar surface area (TPSA) is 86.6 Å². The van der Waals surface area contributed by atoms with Crippen LogP contribution in [0, 0.1) is 0 Å². The monoisotopic (exact) mass is 161 g/mol. The largest absolute Gasteiger partial charge is 0.481 e. The van der Waals surface area contributed by atoms with Gasteiger partial charge in [-0.25, -0.2) is 0 Å². The summed E-state index contributed by atoms with van der Waals surface area (Å²) in [4.78, 5) is 20.4. The Morgan fingerprint density at radius 3 is 2.27 bits per heavy atom. The van der Waals surface area contributed by atoms with Crippen LogP contribution in [0.5, 0.6) is 0 Å². The number of carboxylic acids is 2. The first-order valence-corrected chi connectivity index (χ1v) is 3.26. The van der Waals surface area contributed by atoms with Crippen molar-refractivity contribution in [2.24, 2.45) is 0 Å². The van der Waals surface area contributed by atoms with E-state index in [1.165, 1.54) is 0 Å². The minimum atomic E-state index is -1.13. The number of likely N-dealkylation sites (N-methyl/N-ethyl adjacent to an activating group) is 1. The van der Waals surface area contributed by atoms with Crippen LogP contribution in [0.25, 0.3) is 0 Å². The standard InChI is InChI=1S/C6H11NO4/c1-2-7-4(6(10)11)3-5(8)9/h4,7H,2-3H2,1H3,(H,8,9)(H,10,11)/t4-/m1/s1. The fourth-order valence-corrected chi connectivity index (χ4v) is 0.668. The second-order valence-corrected chi connectivity index (χ2v) is 2.05. The van der Waals surface area contributed by atoms with Crippen molar-refractivity contribution in [3.63, 3.8) is 0 Å². The molecule has 0 aliphatic heterocycles. The molecule has 0 aromatic heterocycles. The minimum absolute atomic E-state index is 0.386. The molecule has 11 heavy (non-hydrogen) atoms. The molecule has 0 bridgehead atoms. The molecule has 5 heteroatoms. The zero-order chi connectivity index (χ0) is 8.85. The van der Waals surface area contributed by atoms with Crippen LogP contribution in [0.4, 0.5) is 0 Å². The summed E-state index contributed by atoms with van der Waals surface area (Å²) >= 11 is 0. The van der Waals surface area contributed by atoms with E-state index in [-0.39, 0.29) is 6.42 Å². The van der Waals surface area contributed by atoms with Gasteiger partial charge in [0.2, 0.25) is 0 Å². The molecular weight excluding hydrogens is 150 g/mol. The van der Waals surface area contributed by atoms with Crippen LogP contribution in [0.3, 0.4) is 0 Å². The zero-order valence-corrected chi connectivity index (χ0v) is 6.20. The predicted octanol–water partition coefficient (Wildman–Crippen LogP) is -0.476. The Labute approximate surface area is 64.0 Å². The number of rotatable bonds is 5. The molecule has 0 aliphatic carbocycles. The van der Waals surface area contributed by atoms with Crippen molar-refractivity contribution in [3.05, 3.63) is 0 Å². The van der Waals surface area contributed by atoms with Crippen LogP contribution < -0.4 is 5.32 Å². The van der Waals surface area contributed by atoms with E-state index in [0.29, 0.717) is 6.54 Å². The number of carboxylic acid groups (broad SMARTS) is 2. The number of nitrogens with one attached hydrogen (secondary N) is 1. The molecule has 0 rings (SSSR count). The van der Waals surface area contributed by atoms with E-state index < -0.39 is 18.0 Å². The van der Waals surface area contributed by atoms with Gasteiger partial charge in [0.15, 0.2) is 0 Å². The Morgan fingerprint density at radius 2 is 2.00 bits per heavy atom. The van der Waals surface area contributed by atoms with Gasteiger partial charge in [-0.2, -0.15) is 0 Å². The van der Waals surface area contributed by atoms with Gasteiger partial charge in [-0.05, 0) is 6.54 Å². The van der Waals surface area contributed by atoms with Crippen molar-refractivity contribution in [1.29, 1.82) is 0 Å². The predicted molar refractivity (Wildman–Crippen MR) is 37.4 cm³/mol. The number of hydrogen-bond acceptors (Lipinski definition) is 3. The van der Waals surface area contributed by atoms with Crippen molar-refractivity contribution in [3.8, 4) is 0 Å². The molecule has 5 nitrogen and oxygen atoms in total. The molecule has 0 unspecified atom stereocenters. The highest BCUT2D eigenvalue weighted by Crippen LogP contribution is 1.91. The third kappa shape index (κ3) is 4.32. The Bertz CT molecular complexity index is 157. The molecular formula is C6H11NO4. The fraction of sp³-hybridized carbons (Fsp3) is 0.667. The highest BCUT2D eigenvalue weighted by Gasteiger charge is 2.18. The molecule has 0 spiro atoms. The average molecular weight is 161 g/mol. The van der Waals surface area contributed by atoms with Gasteiger partial charge in [0, 0.05) is 0 Å². The summed E-state index contributed by atoms with van der Waals surface area (Å²) in [5, 5.41) is 19.2. The van der Waals surface area contributed by atoms with Gasteiger partial charge >= 0.3 is 11.9 Å². The molecule has 0 saturated heterocycles. The quantitative estimate of drug-likeness (QED) is 0.507. The second-order valence-electron chi connectivity index (χ2n) is 2.05. The molecule has 0 saturated carbocycles. The molecule has 0 amide bonds. The van der Waals surface area contributed by atoms with Crippen LogP contribution in [0.15, 0.2) is 0 Å². The summed E-state index contributed by atoms with van der Waals surface area (Å²) in [6.45, 7) is 2.17. The highest BCUT2D eigenvalue weighted by atomic mass is 16.4. The van der Waals surface area contributed by atoms with Crippen LogP contribution in [-0.2, 0) is 9.59 Å². The van der Waals surface area contributed by atoms with Crippen molar-refractivity contribution in [1.82, 2.24) is 5.32 Å². The average Bonchev–Trinajstić information content (AvgIpc) is 1.86. The van der Waals surface area contributed by atoms with Crippen LogP contribution in [0.1, 0.15) is 13.3 Å². The third-order valence-electron chi connectivity index (χ3n) is 1.13. The van der Waals surface area contributed by atoms with Crippen molar-refractivity contribution < 1.29 is 19.8 Å². The smallest absolute Gasteiger partial charge is 0.321 e. The first-order chi connectivity index (χ1) is 5.07. The first kappa shape index (κ1) is 9.90. The third-order valence-corrected chi connectivity index (χ3v) is 1.13. The summed E-state index contributed by atoms with van der Waals surface area (Å²) in [5.74, 6) is -2.24. The fourth-order valence-electron chi connectivity index (χ4n) is 0.668. The lowest BCUT2D eigenvalue weighted by atomic mass is 10.2. The van der Waals surface area contributed by atoms with E-state index in [0.717, 1.165) is 0 Å². The van der Waals surface area contributed by atoms with Gasteiger partial charge in [0.05, 0.1) is 6.42 Å². The zero-order valence-electron chi connectivity index (χ0n) is 6.20. The van der Waals surface area contributed by atoms with Crippen molar-refractivity contribution in [2.75, 3.05) is 6.54 Å². The molecule has 64 valence electrons. The maximum Gasteiger partial charge on any atom is 0.321 e. The molecule has 0 aromatic rings. The lowest BCUT2D eigenvalue weighted by Gasteiger charge is -2.08. The summed E-state index contributed by atoms with van der Waals surface area (Å²) < 4.78 is 0. The summed E-state index contributed by atoms with van der Waals surface area (Å²) in [5.41, 5.74) is 0. The van der Waals surface area contributed by atoms with Crippen LogP contribution in [0.2, 0.25) is 0 Å². The number of aliphatic carboxylic acids is 2. The molecule has 0 radical (unpaired) electrons. The normalized spacial score (nSPS) is 12.5. The Balaban J connectivity index is 3.89. The van der Waals surface area contributed by atoms with Gasteiger partial charge in [0.25, 0.3) is 0 Å². The molecule has 3 N–H and O–H groups in total. The van der Waals surface area contributed by atoms with E-state index in [1.807, 2.05) is 0 Å². The van der Waals surface area contributed by atoms with E-state index in [4.69, 9.17) is 10.2 Å². The Kier molecular flexibility index (Phi) is 4.21. The maximum atomic E-state index is 10.3.